The molecule has 1 aromatic heterocycles. The second-order valence-corrected chi connectivity index (χ2v) is 5.68. The van der Waals surface area contributed by atoms with Crippen molar-refractivity contribution in [2.75, 3.05) is 12.3 Å². The number of hydrogen-bond acceptors (Lipinski definition) is 3. The van der Waals surface area contributed by atoms with Crippen LogP contribution < -0.4 is 5.73 Å². The van der Waals surface area contributed by atoms with Crippen molar-refractivity contribution < 1.29 is 4.79 Å². The van der Waals surface area contributed by atoms with Gasteiger partial charge in [0, 0.05) is 24.2 Å². The zero-order chi connectivity index (χ0) is 14.5. The Bertz CT molecular complexity index is 592. The number of rotatable bonds is 5. The summed E-state index contributed by atoms with van der Waals surface area (Å²) in [4.78, 5) is 14.5. The van der Waals surface area contributed by atoms with E-state index in [1.165, 1.54) is 0 Å². The second kappa shape index (κ2) is 6.57. The van der Waals surface area contributed by atoms with Crippen molar-refractivity contribution in [3.8, 4) is 0 Å². The number of carbonyl (C=O) groups is 1. The van der Waals surface area contributed by atoms with Gasteiger partial charge in [-0.2, -0.15) is 11.3 Å². The van der Waals surface area contributed by atoms with Gasteiger partial charge in [-0.15, -0.1) is 0 Å². The van der Waals surface area contributed by atoms with Crippen LogP contribution >= 0.6 is 11.3 Å². The third kappa shape index (κ3) is 3.39. The highest BCUT2D eigenvalue weighted by Gasteiger charge is 2.17. The largest absolute Gasteiger partial charge is 0.399 e. The summed E-state index contributed by atoms with van der Waals surface area (Å²) in [6.07, 6.45) is 0.942. The average Bonchev–Trinajstić information content (AvgIpc) is 2.84. The van der Waals surface area contributed by atoms with E-state index in [0.29, 0.717) is 6.54 Å². The smallest absolute Gasteiger partial charge is 0.255 e. The average molecular weight is 288 g/mol. The van der Waals surface area contributed by atoms with E-state index in [-0.39, 0.29) is 5.91 Å². The monoisotopic (exact) mass is 288 g/mol. The van der Waals surface area contributed by atoms with Gasteiger partial charge in [0.25, 0.3) is 5.91 Å². The Balaban J connectivity index is 2.19. The van der Waals surface area contributed by atoms with E-state index in [4.69, 9.17) is 5.73 Å². The third-order valence-corrected chi connectivity index (χ3v) is 4.05. The van der Waals surface area contributed by atoms with Crippen LogP contribution in [0.1, 0.15) is 34.8 Å². The van der Waals surface area contributed by atoms with Crippen molar-refractivity contribution in [2.24, 2.45) is 0 Å². The van der Waals surface area contributed by atoms with Crippen LogP contribution in [0.25, 0.3) is 0 Å². The molecule has 1 amide bonds. The van der Waals surface area contributed by atoms with Gasteiger partial charge in [0.05, 0.1) is 5.56 Å². The van der Waals surface area contributed by atoms with Crippen LogP contribution in [0.15, 0.2) is 35.0 Å². The van der Waals surface area contributed by atoms with Crippen molar-refractivity contribution in [2.45, 2.75) is 26.8 Å². The van der Waals surface area contributed by atoms with Gasteiger partial charge in [-0.3, -0.25) is 4.79 Å². The van der Waals surface area contributed by atoms with Crippen LogP contribution in [0.5, 0.6) is 0 Å². The Labute approximate surface area is 124 Å². The number of nitrogens with zero attached hydrogens (tertiary/aromatic N) is 1. The van der Waals surface area contributed by atoms with Gasteiger partial charge < -0.3 is 10.6 Å². The molecule has 0 saturated heterocycles. The lowest BCUT2D eigenvalue weighted by Gasteiger charge is -2.22. The van der Waals surface area contributed by atoms with E-state index in [1.54, 1.807) is 11.3 Å². The molecule has 0 atom stereocenters. The van der Waals surface area contributed by atoms with E-state index in [2.05, 4.69) is 6.92 Å². The van der Waals surface area contributed by atoms with Gasteiger partial charge in [0.1, 0.15) is 0 Å². The molecular weight excluding hydrogens is 268 g/mol. The molecule has 0 aliphatic rings. The summed E-state index contributed by atoms with van der Waals surface area (Å²) in [7, 11) is 0. The van der Waals surface area contributed by atoms with Crippen molar-refractivity contribution in [1.29, 1.82) is 0 Å². The van der Waals surface area contributed by atoms with Crippen molar-refractivity contribution in [3.05, 3.63) is 51.7 Å². The molecule has 0 bridgehead atoms. The fourth-order valence-electron chi connectivity index (χ4n) is 2.18. The molecule has 1 heterocycles. The van der Waals surface area contributed by atoms with Gasteiger partial charge >= 0.3 is 0 Å². The number of aryl methyl sites for hydroxylation is 1. The molecule has 0 aliphatic heterocycles. The first-order valence-corrected chi connectivity index (χ1v) is 7.72. The summed E-state index contributed by atoms with van der Waals surface area (Å²) in [6.45, 7) is 5.42. The Hall–Kier alpha value is -1.81. The number of amides is 1. The van der Waals surface area contributed by atoms with Gasteiger partial charge in [-0.05, 0) is 42.0 Å². The Morgan fingerprint density at radius 2 is 2.15 bits per heavy atom. The lowest BCUT2D eigenvalue weighted by molar-refractivity contribution is 0.0743. The fourth-order valence-corrected chi connectivity index (χ4v) is 3.01. The Morgan fingerprint density at radius 3 is 2.75 bits per heavy atom. The number of hydrogen-bond donors (Lipinski definition) is 1. The number of thiophene rings is 1. The molecule has 0 aliphatic carbocycles. The molecular formula is C16H20N2OS. The molecule has 3 nitrogen and oxygen atoms in total. The Kier molecular flexibility index (Phi) is 4.79. The highest BCUT2D eigenvalue weighted by Crippen LogP contribution is 2.18. The first-order chi connectivity index (χ1) is 9.61. The first kappa shape index (κ1) is 14.6. The lowest BCUT2D eigenvalue weighted by atomic mass is 10.1. The van der Waals surface area contributed by atoms with Crippen molar-refractivity contribution in [3.63, 3.8) is 0 Å². The minimum atomic E-state index is 0.105. The summed E-state index contributed by atoms with van der Waals surface area (Å²) < 4.78 is 0. The molecule has 0 radical (unpaired) electrons. The minimum Gasteiger partial charge on any atom is -0.399 e. The Morgan fingerprint density at radius 1 is 1.35 bits per heavy atom. The van der Waals surface area contributed by atoms with Gasteiger partial charge in [0.2, 0.25) is 0 Å². The molecule has 2 rings (SSSR count). The predicted octanol–water partition coefficient (Wildman–Crippen LogP) is 3.69. The normalized spacial score (nSPS) is 10.5. The topological polar surface area (TPSA) is 46.3 Å². The number of benzene rings is 1. The summed E-state index contributed by atoms with van der Waals surface area (Å²) in [6, 6.07) is 7.72. The molecule has 2 aromatic rings. The summed E-state index contributed by atoms with van der Waals surface area (Å²) in [5.41, 5.74) is 9.47. The van der Waals surface area contributed by atoms with E-state index >= 15 is 0 Å². The zero-order valence-electron chi connectivity index (χ0n) is 11.9. The predicted molar refractivity (Wildman–Crippen MR) is 84.9 cm³/mol. The number of carbonyl (C=O) groups excluding carboxylic acids is 1. The molecule has 0 saturated carbocycles. The number of nitrogen functional groups attached to an aromatic ring is 1. The maximum Gasteiger partial charge on any atom is 0.255 e. The highest BCUT2D eigenvalue weighted by atomic mass is 32.1. The molecule has 1 aromatic carbocycles. The molecule has 2 N–H and O–H groups in total. The molecule has 106 valence electrons. The van der Waals surface area contributed by atoms with Crippen LogP contribution in [0.3, 0.4) is 0 Å². The van der Waals surface area contributed by atoms with Gasteiger partial charge in [-0.1, -0.05) is 19.1 Å². The molecule has 20 heavy (non-hydrogen) atoms. The first-order valence-electron chi connectivity index (χ1n) is 6.78. The SMILES string of the molecule is CCCN(Cc1cccc(N)c1)C(=O)c1cscc1C. The van der Waals surface area contributed by atoms with Crippen LogP contribution in [0, 0.1) is 6.92 Å². The highest BCUT2D eigenvalue weighted by molar-refractivity contribution is 7.08. The number of nitrogens with two attached hydrogens (primary N) is 1. The standard InChI is InChI=1S/C16H20N2OS/c1-3-7-18(9-13-5-4-6-14(17)8-13)16(19)15-11-20-10-12(15)2/h4-6,8,10-11H,3,7,9,17H2,1-2H3. The third-order valence-electron chi connectivity index (χ3n) is 3.19. The molecule has 0 fully saturated rings. The van der Waals surface area contributed by atoms with Crippen LogP contribution in [-0.4, -0.2) is 17.4 Å². The number of anilines is 1. The van der Waals surface area contributed by atoms with Crippen LogP contribution in [0.4, 0.5) is 5.69 Å². The van der Waals surface area contributed by atoms with Gasteiger partial charge in [-0.25, -0.2) is 0 Å². The van der Waals surface area contributed by atoms with E-state index in [9.17, 15) is 4.79 Å². The quantitative estimate of drug-likeness (QED) is 0.853. The fraction of sp³-hybridized carbons (Fsp3) is 0.312. The van der Waals surface area contributed by atoms with Crippen molar-refractivity contribution >= 4 is 22.9 Å². The second-order valence-electron chi connectivity index (χ2n) is 4.94. The maximum atomic E-state index is 12.6. The molecule has 0 unspecified atom stereocenters. The maximum absolute atomic E-state index is 12.6. The van der Waals surface area contributed by atoms with E-state index in [1.807, 2.05) is 46.8 Å². The van der Waals surface area contributed by atoms with E-state index in [0.717, 1.165) is 35.3 Å². The summed E-state index contributed by atoms with van der Waals surface area (Å²) in [5.74, 6) is 0.105. The zero-order valence-corrected chi connectivity index (χ0v) is 12.7. The molecule has 4 heteroatoms. The lowest BCUT2D eigenvalue weighted by Crippen LogP contribution is -2.31. The van der Waals surface area contributed by atoms with Gasteiger partial charge in [0.15, 0.2) is 0 Å². The summed E-state index contributed by atoms with van der Waals surface area (Å²) in [5, 5.41) is 3.94. The van der Waals surface area contributed by atoms with Crippen LogP contribution in [0.2, 0.25) is 0 Å². The van der Waals surface area contributed by atoms with Crippen molar-refractivity contribution in [1.82, 2.24) is 4.90 Å². The van der Waals surface area contributed by atoms with Crippen LogP contribution in [-0.2, 0) is 6.54 Å². The summed E-state index contributed by atoms with van der Waals surface area (Å²) >= 11 is 1.57. The minimum absolute atomic E-state index is 0.105. The molecule has 0 spiro atoms. The van der Waals surface area contributed by atoms with E-state index < -0.39 is 0 Å².